The normalized spacial score (nSPS) is 14.0. The zero-order chi connectivity index (χ0) is 19.4. The van der Waals surface area contributed by atoms with Crippen molar-refractivity contribution in [3.8, 4) is 11.5 Å². The van der Waals surface area contributed by atoms with Gasteiger partial charge in [0.2, 0.25) is 0 Å². The van der Waals surface area contributed by atoms with Gasteiger partial charge in [0.15, 0.2) is 11.5 Å². The van der Waals surface area contributed by atoms with E-state index in [4.69, 9.17) is 14.6 Å². The molecule has 1 aliphatic rings. The minimum absolute atomic E-state index is 0.119. The van der Waals surface area contributed by atoms with Gasteiger partial charge in [-0.05, 0) is 68.5 Å². The molecule has 0 saturated heterocycles. The molecule has 1 amide bonds. The van der Waals surface area contributed by atoms with E-state index in [-0.39, 0.29) is 17.6 Å². The lowest BCUT2D eigenvalue weighted by atomic mass is 10.1. The van der Waals surface area contributed by atoms with Gasteiger partial charge in [-0.3, -0.25) is 4.79 Å². The summed E-state index contributed by atoms with van der Waals surface area (Å²) in [5.74, 6) is -0.248. The number of carbonyl (C=O) groups is 2. The van der Waals surface area contributed by atoms with Crippen LogP contribution in [0.25, 0.3) is 0 Å². The fourth-order valence-electron chi connectivity index (χ4n) is 3.18. The number of rotatable bonds is 6. The van der Waals surface area contributed by atoms with E-state index in [2.05, 4.69) is 5.32 Å². The number of amides is 1. The molecule has 1 fully saturated rings. The largest absolute Gasteiger partial charge is 0.493 e. The van der Waals surface area contributed by atoms with Gasteiger partial charge in [0.1, 0.15) is 0 Å². The summed E-state index contributed by atoms with van der Waals surface area (Å²) in [7, 11) is 1.54. The van der Waals surface area contributed by atoms with E-state index >= 15 is 0 Å². The van der Waals surface area contributed by atoms with Crippen LogP contribution in [-0.2, 0) is 0 Å². The number of carbonyl (C=O) groups excluding carboxylic acids is 1. The molecule has 0 aliphatic heterocycles. The maximum atomic E-state index is 12.6. The molecule has 142 valence electrons. The summed E-state index contributed by atoms with van der Waals surface area (Å²) in [4.78, 5) is 23.8. The van der Waals surface area contributed by atoms with Crippen molar-refractivity contribution in [2.75, 3.05) is 12.4 Å². The zero-order valence-electron chi connectivity index (χ0n) is 15.5. The van der Waals surface area contributed by atoms with Crippen LogP contribution in [0.15, 0.2) is 36.4 Å². The van der Waals surface area contributed by atoms with Crippen LogP contribution < -0.4 is 14.8 Å². The Kier molecular flexibility index (Phi) is 5.64. The Morgan fingerprint density at radius 3 is 2.41 bits per heavy atom. The first-order valence-electron chi connectivity index (χ1n) is 8.98. The number of ether oxygens (including phenoxy) is 2. The summed E-state index contributed by atoms with van der Waals surface area (Å²) in [6.45, 7) is 1.81. The van der Waals surface area contributed by atoms with Crippen molar-refractivity contribution in [2.45, 2.75) is 38.7 Å². The molecule has 2 aromatic carbocycles. The highest BCUT2D eigenvalue weighted by molar-refractivity contribution is 6.05. The minimum atomic E-state index is -1.04. The standard InChI is InChI=1S/C21H23NO5/c1-13-7-8-15(21(24)25)11-17(13)22-20(23)14-9-10-18(19(12-14)26-2)27-16-5-3-4-6-16/h7-12,16H,3-6H2,1-2H3,(H,22,23)(H,24,25). The van der Waals surface area contributed by atoms with Gasteiger partial charge in [0.25, 0.3) is 5.91 Å². The lowest BCUT2D eigenvalue weighted by Gasteiger charge is -2.16. The molecule has 0 spiro atoms. The quantitative estimate of drug-likeness (QED) is 0.794. The second-order valence-corrected chi connectivity index (χ2v) is 6.68. The maximum absolute atomic E-state index is 12.6. The molecular weight excluding hydrogens is 346 g/mol. The van der Waals surface area contributed by atoms with Gasteiger partial charge in [0.05, 0.1) is 18.8 Å². The molecule has 6 nitrogen and oxygen atoms in total. The van der Waals surface area contributed by atoms with Crippen molar-refractivity contribution in [1.29, 1.82) is 0 Å². The molecule has 0 bridgehead atoms. The molecule has 2 N–H and O–H groups in total. The number of methoxy groups -OCH3 is 1. The number of aryl methyl sites for hydroxylation is 1. The Bertz CT molecular complexity index is 856. The lowest BCUT2D eigenvalue weighted by Crippen LogP contribution is -2.15. The van der Waals surface area contributed by atoms with Crippen molar-refractivity contribution >= 4 is 17.6 Å². The van der Waals surface area contributed by atoms with Crippen molar-refractivity contribution in [1.82, 2.24) is 0 Å². The third-order valence-corrected chi connectivity index (χ3v) is 4.75. The average molecular weight is 369 g/mol. The van der Waals surface area contributed by atoms with Gasteiger partial charge in [-0.1, -0.05) is 6.07 Å². The predicted octanol–water partition coefficient (Wildman–Crippen LogP) is 4.28. The SMILES string of the molecule is COc1cc(C(=O)Nc2cc(C(=O)O)ccc2C)ccc1OC1CCCC1. The number of nitrogens with one attached hydrogen (secondary N) is 1. The molecule has 0 aromatic heterocycles. The predicted molar refractivity (Wildman–Crippen MR) is 102 cm³/mol. The van der Waals surface area contributed by atoms with Gasteiger partial charge in [0, 0.05) is 11.3 Å². The molecule has 27 heavy (non-hydrogen) atoms. The van der Waals surface area contributed by atoms with Crippen molar-refractivity contribution in [2.24, 2.45) is 0 Å². The Morgan fingerprint density at radius 1 is 1.04 bits per heavy atom. The second kappa shape index (κ2) is 8.12. The molecule has 2 aromatic rings. The van der Waals surface area contributed by atoms with Gasteiger partial charge in [-0.2, -0.15) is 0 Å². The van der Waals surface area contributed by atoms with E-state index in [1.165, 1.54) is 25.0 Å². The zero-order valence-corrected chi connectivity index (χ0v) is 15.5. The summed E-state index contributed by atoms with van der Waals surface area (Å²) in [5.41, 5.74) is 1.77. The van der Waals surface area contributed by atoms with E-state index in [1.54, 1.807) is 38.3 Å². The lowest BCUT2D eigenvalue weighted by molar-refractivity contribution is 0.0696. The fourth-order valence-corrected chi connectivity index (χ4v) is 3.18. The van der Waals surface area contributed by atoms with Crippen LogP contribution >= 0.6 is 0 Å². The highest BCUT2D eigenvalue weighted by Gasteiger charge is 2.19. The first kappa shape index (κ1) is 18.8. The molecular formula is C21H23NO5. The Balaban J connectivity index is 1.78. The van der Waals surface area contributed by atoms with E-state index in [9.17, 15) is 9.59 Å². The summed E-state index contributed by atoms with van der Waals surface area (Å²) in [5, 5.41) is 11.9. The molecule has 0 heterocycles. The Hall–Kier alpha value is -3.02. The van der Waals surface area contributed by atoms with Crippen LogP contribution in [0, 0.1) is 6.92 Å². The van der Waals surface area contributed by atoms with E-state index in [1.807, 2.05) is 0 Å². The molecule has 0 unspecified atom stereocenters. The third-order valence-electron chi connectivity index (χ3n) is 4.75. The van der Waals surface area contributed by atoms with Gasteiger partial charge in [-0.25, -0.2) is 4.79 Å². The number of carboxylic acids is 1. The number of hydrogen-bond donors (Lipinski definition) is 2. The van der Waals surface area contributed by atoms with Gasteiger partial charge < -0.3 is 19.9 Å². The minimum Gasteiger partial charge on any atom is -0.493 e. The summed E-state index contributed by atoms with van der Waals surface area (Å²) in [6, 6.07) is 9.68. The number of anilines is 1. The molecule has 3 rings (SSSR count). The summed E-state index contributed by atoms with van der Waals surface area (Å²) in [6.07, 6.45) is 4.60. The van der Waals surface area contributed by atoms with Crippen LogP contribution in [0.1, 0.15) is 52.0 Å². The van der Waals surface area contributed by atoms with E-state index in [0.29, 0.717) is 22.7 Å². The first-order chi connectivity index (χ1) is 13.0. The summed E-state index contributed by atoms with van der Waals surface area (Å²) < 4.78 is 11.4. The fraction of sp³-hybridized carbons (Fsp3) is 0.333. The van der Waals surface area contributed by atoms with Crippen molar-refractivity contribution in [3.05, 3.63) is 53.1 Å². The van der Waals surface area contributed by atoms with Crippen LogP contribution in [0.4, 0.5) is 5.69 Å². The molecule has 0 atom stereocenters. The highest BCUT2D eigenvalue weighted by atomic mass is 16.5. The van der Waals surface area contributed by atoms with E-state index < -0.39 is 5.97 Å². The van der Waals surface area contributed by atoms with Crippen LogP contribution in [0.5, 0.6) is 11.5 Å². The second-order valence-electron chi connectivity index (χ2n) is 6.68. The maximum Gasteiger partial charge on any atom is 0.335 e. The van der Waals surface area contributed by atoms with Crippen LogP contribution in [0.2, 0.25) is 0 Å². The average Bonchev–Trinajstić information content (AvgIpc) is 3.16. The first-order valence-corrected chi connectivity index (χ1v) is 8.98. The molecule has 6 heteroatoms. The molecule has 1 saturated carbocycles. The smallest absolute Gasteiger partial charge is 0.335 e. The molecule has 1 aliphatic carbocycles. The third kappa shape index (κ3) is 4.39. The number of hydrogen-bond acceptors (Lipinski definition) is 4. The Morgan fingerprint density at radius 2 is 1.74 bits per heavy atom. The Labute approximate surface area is 158 Å². The molecule has 0 radical (unpaired) electrons. The van der Waals surface area contributed by atoms with Crippen LogP contribution in [0.3, 0.4) is 0 Å². The number of carboxylic acid groups (broad SMARTS) is 1. The van der Waals surface area contributed by atoms with Crippen molar-refractivity contribution < 1.29 is 24.2 Å². The van der Waals surface area contributed by atoms with Gasteiger partial charge >= 0.3 is 5.97 Å². The van der Waals surface area contributed by atoms with Crippen molar-refractivity contribution in [3.63, 3.8) is 0 Å². The van der Waals surface area contributed by atoms with Crippen LogP contribution in [-0.4, -0.2) is 30.2 Å². The summed E-state index contributed by atoms with van der Waals surface area (Å²) >= 11 is 0. The topological polar surface area (TPSA) is 84.9 Å². The van der Waals surface area contributed by atoms with E-state index in [0.717, 1.165) is 18.4 Å². The number of benzene rings is 2. The highest BCUT2D eigenvalue weighted by Crippen LogP contribution is 2.32. The van der Waals surface area contributed by atoms with Gasteiger partial charge in [-0.15, -0.1) is 0 Å². The number of aromatic carboxylic acids is 1. The monoisotopic (exact) mass is 369 g/mol.